The van der Waals surface area contributed by atoms with E-state index in [0.29, 0.717) is 48.0 Å². The van der Waals surface area contributed by atoms with Crippen LogP contribution < -0.4 is 21.3 Å². The van der Waals surface area contributed by atoms with Gasteiger partial charge in [0.15, 0.2) is 6.29 Å². The minimum Gasteiger partial charge on any atom is -0.460 e. The van der Waals surface area contributed by atoms with Crippen molar-refractivity contribution in [1.82, 2.24) is 21.3 Å². The van der Waals surface area contributed by atoms with E-state index in [9.17, 15) is 19.5 Å². The standard InChI is InChI=1S/C28H46N4O6/c1-18(2)24(33)37-15-13-31-26(35)29-11-8-20-5-6-22-23(20)21-7-9-28(22,17-21)10-12-30-27(36)32-14-16-38-25(34)19(3)4/h20-24,33H,1,3,5-17H2,2,4H3,(H2,29,31,35)(H2,30,32,36). The minimum atomic E-state index is -1.00. The molecule has 10 nitrogen and oxygen atoms in total. The largest absolute Gasteiger partial charge is 0.460 e. The highest BCUT2D eigenvalue weighted by Crippen LogP contribution is 2.68. The summed E-state index contributed by atoms with van der Waals surface area (Å²) in [6.45, 7) is 12.7. The molecule has 0 aromatic heterocycles. The van der Waals surface area contributed by atoms with Crippen LogP contribution in [-0.2, 0) is 14.3 Å². The molecule has 2 bridgehead atoms. The van der Waals surface area contributed by atoms with Crippen molar-refractivity contribution in [2.75, 3.05) is 39.4 Å². The predicted molar refractivity (Wildman–Crippen MR) is 144 cm³/mol. The van der Waals surface area contributed by atoms with Gasteiger partial charge in [0.05, 0.1) is 13.2 Å². The maximum absolute atomic E-state index is 12.1. The van der Waals surface area contributed by atoms with E-state index in [-0.39, 0.29) is 31.8 Å². The molecule has 6 atom stereocenters. The number of urea groups is 2. The van der Waals surface area contributed by atoms with E-state index in [4.69, 9.17) is 9.47 Å². The van der Waals surface area contributed by atoms with Crippen molar-refractivity contribution >= 4 is 18.0 Å². The van der Waals surface area contributed by atoms with E-state index >= 15 is 0 Å². The lowest BCUT2D eigenvalue weighted by Gasteiger charge is -2.37. The molecule has 0 aliphatic heterocycles. The molecule has 214 valence electrons. The van der Waals surface area contributed by atoms with Crippen molar-refractivity contribution in [2.24, 2.45) is 29.1 Å². The Morgan fingerprint density at radius 2 is 1.61 bits per heavy atom. The average Bonchev–Trinajstić information content (AvgIpc) is 3.57. The number of aliphatic hydroxyl groups is 1. The van der Waals surface area contributed by atoms with E-state index < -0.39 is 12.3 Å². The SMILES string of the molecule is C=C(C)C(=O)OCCNC(=O)NCCC12CCC(C1)C1C(CCNC(=O)NCCOC(O)C(=C)C)CCC12. The summed E-state index contributed by atoms with van der Waals surface area (Å²) in [5.74, 6) is 2.38. The van der Waals surface area contributed by atoms with Crippen LogP contribution in [0.2, 0.25) is 0 Å². The topological polar surface area (TPSA) is 138 Å². The second-order valence-electron chi connectivity index (χ2n) is 11.3. The molecule has 0 aromatic rings. The highest BCUT2D eigenvalue weighted by molar-refractivity contribution is 5.86. The Bertz CT molecular complexity index is 879. The Kier molecular flexibility index (Phi) is 11.0. The van der Waals surface area contributed by atoms with E-state index in [0.717, 1.165) is 24.7 Å². The minimum absolute atomic E-state index is 0.125. The van der Waals surface area contributed by atoms with Crippen LogP contribution in [0.4, 0.5) is 9.59 Å². The van der Waals surface area contributed by atoms with Gasteiger partial charge in [-0.1, -0.05) is 13.2 Å². The molecule has 3 aliphatic rings. The van der Waals surface area contributed by atoms with Crippen LogP contribution >= 0.6 is 0 Å². The quantitative estimate of drug-likeness (QED) is 0.0720. The van der Waals surface area contributed by atoms with Crippen LogP contribution in [0.15, 0.2) is 24.3 Å². The zero-order valence-corrected chi connectivity index (χ0v) is 23.0. The van der Waals surface area contributed by atoms with Crippen LogP contribution in [0.25, 0.3) is 0 Å². The summed E-state index contributed by atoms with van der Waals surface area (Å²) in [4.78, 5) is 35.6. The predicted octanol–water partition coefficient (Wildman–Crippen LogP) is 2.84. The normalized spacial score (nSPS) is 27.8. The third-order valence-electron chi connectivity index (χ3n) is 8.63. The summed E-state index contributed by atoms with van der Waals surface area (Å²) in [6, 6.07) is -0.445. The summed E-state index contributed by atoms with van der Waals surface area (Å²) in [5, 5.41) is 21.0. The van der Waals surface area contributed by atoms with Crippen LogP contribution in [-0.4, -0.2) is 68.8 Å². The highest BCUT2D eigenvalue weighted by atomic mass is 16.6. The lowest BCUT2D eigenvalue weighted by Crippen LogP contribution is -2.40. The molecular formula is C28H46N4O6. The number of carbonyl (C=O) groups excluding carboxylic acids is 3. The Labute approximate surface area is 226 Å². The number of rotatable bonds is 15. The van der Waals surface area contributed by atoms with E-state index in [1.165, 1.54) is 32.1 Å². The Morgan fingerprint density at radius 1 is 0.947 bits per heavy atom. The van der Waals surface area contributed by atoms with E-state index in [1.54, 1.807) is 13.8 Å². The summed E-state index contributed by atoms with van der Waals surface area (Å²) < 4.78 is 10.2. The molecule has 3 aliphatic carbocycles. The fourth-order valence-electron chi connectivity index (χ4n) is 6.98. The first-order valence-electron chi connectivity index (χ1n) is 13.9. The number of nitrogens with one attached hydrogen (secondary N) is 4. The molecule has 38 heavy (non-hydrogen) atoms. The number of hydrogen-bond acceptors (Lipinski definition) is 6. The Morgan fingerprint density at radius 3 is 2.29 bits per heavy atom. The van der Waals surface area contributed by atoms with Crippen LogP contribution in [0.5, 0.6) is 0 Å². The van der Waals surface area contributed by atoms with Gasteiger partial charge in [0.2, 0.25) is 0 Å². The number of fused-ring (bicyclic) bond motifs is 5. The second kappa shape index (κ2) is 14.0. The van der Waals surface area contributed by atoms with Gasteiger partial charge in [-0.15, -0.1) is 0 Å². The molecule has 4 amide bonds. The third kappa shape index (κ3) is 7.96. The van der Waals surface area contributed by atoms with Crippen LogP contribution in [0.3, 0.4) is 0 Å². The van der Waals surface area contributed by atoms with Gasteiger partial charge in [-0.25, -0.2) is 14.4 Å². The van der Waals surface area contributed by atoms with Crippen molar-refractivity contribution in [2.45, 2.75) is 65.1 Å². The van der Waals surface area contributed by atoms with Gasteiger partial charge in [-0.2, -0.15) is 0 Å². The Hall–Kier alpha value is -2.59. The molecule has 0 spiro atoms. The van der Waals surface area contributed by atoms with Gasteiger partial charge in [0.1, 0.15) is 6.61 Å². The molecule has 3 saturated carbocycles. The smallest absolute Gasteiger partial charge is 0.333 e. The van der Waals surface area contributed by atoms with Crippen molar-refractivity contribution in [3.05, 3.63) is 24.3 Å². The zero-order valence-electron chi connectivity index (χ0n) is 23.0. The summed E-state index contributed by atoms with van der Waals surface area (Å²) >= 11 is 0. The van der Waals surface area contributed by atoms with Gasteiger partial charge >= 0.3 is 18.0 Å². The fraction of sp³-hybridized carbons (Fsp3) is 0.750. The molecule has 0 radical (unpaired) electrons. The first-order chi connectivity index (χ1) is 18.1. The molecule has 3 fully saturated rings. The van der Waals surface area contributed by atoms with E-state index in [1.807, 2.05) is 0 Å². The number of amides is 4. The van der Waals surface area contributed by atoms with E-state index in [2.05, 4.69) is 34.4 Å². The molecule has 0 aromatic carbocycles. The molecule has 0 heterocycles. The van der Waals surface area contributed by atoms with Crippen LogP contribution in [0.1, 0.15) is 58.8 Å². The highest BCUT2D eigenvalue weighted by Gasteiger charge is 2.60. The van der Waals surface area contributed by atoms with Crippen molar-refractivity contribution < 1.29 is 29.0 Å². The molecule has 0 saturated heterocycles. The number of esters is 1. The van der Waals surface area contributed by atoms with Gasteiger partial charge in [-0.3, -0.25) is 0 Å². The van der Waals surface area contributed by atoms with Gasteiger partial charge in [0, 0.05) is 25.2 Å². The monoisotopic (exact) mass is 534 g/mol. The zero-order chi connectivity index (χ0) is 27.7. The van der Waals surface area contributed by atoms with Gasteiger partial charge in [0.25, 0.3) is 0 Å². The summed E-state index contributed by atoms with van der Waals surface area (Å²) in [5.41, 5.74) is 1.20. The number of hydrogen-bond donors (Lipinski definition) is 5. The lowest BCUT2D eigenvalue weighted by molar-refractivity contribution is -0.138. The summed E-state index contributed by atoms with van der Waals surface area (Å²) in [7, 11) is 0. The second-order valence-corrected chi connectivity index (χ2v) is 11.3. The first-order valence-corrected chi connectivity index (χ1v) is 13.9. The fourth-order valence-corrected chi connectivity index (χ4v) is 6.98. The van der Waals surface area contributed by atoms with Crippen molar-refractivity contribution in [1.29, 1.82) is 0 Å². The molecule has 5 N–H and O–H groups in total. The number of carbonyl (C=O) groups is 3. The van der Waals surface area contributed by atoms with Crippen LogP contribution in [0, 0.1) is 29.1 Å². The number of ether oxygens (including phenoxy) is 2. The third-order valence-corrected chi connectivity index (χ3v) is 8.63. The van der Waals surface area contributed by atoms with Crippen molar-refractivity contribution in [3.8, 4) is 0 Å². The maximum Gasteiger partial charge on any atom is 0.333 e. The summed E-state index contributed by atoms with van der Waals surface area (Å²) in [6.07, 6.45) is 7.19. The molecule has 6 unspecified atom stereocenters. The maximum atomic E-state index is 12.1. The van der Waals surface area contributed by atoms with Gasteiger partial charge in [-0.05, 0) is 93.5 Å². The molecule has 10 heteroatoms. The molecular weight excluding hydrogens is 488 g/mol. The Balaban J connectivity index is 1.31. The average molecular weight is 535 g/mol. The lowest BCUT2D eigenvalue weighted by atomic mass is 9.68. The van der Waals surface area contributed by atoms with Crippen molar-refractivity contribution in [3.63, 3.8) is 0 Å². The molecule has 3 rings (SSSR count). The van der Waals surface area contributed by atoms with Gasteiger partial charge < -0.3 is 35.8 Å². The first kappa shape index (κ1) is 30.0. The number of aliphatic hydroxyl groups excluding tert-OH is 1.